The van der Waals surface area contributed by atoms with Crippen LogP contribution in [0, 0.1) is 0 Å². The van der Waals surface area contributed by atoms with E-state index in [0.717, 1.165) is 5.56 Å². The van der Waals surface area contributed by atoms with Gasteiger partial charge in [0.2, 0.25) is 0 Å². The van der Waals surface area contributed by atoms with Crippen LogP contribution in [0.15, 0.2) is 46.9 Å². The van der Waals surface area contributed by atoms with Crippen molar-refractivity contribution in [3.05, 3.63) is 59.0 Å². The number of hydrogen-bond acceptors (Lipinski definition) is 3. The van der Waals surface area contributed by atoms with Crippen molar-refractivity contribution < 1.29 is 14.0 Å². The molecule has 4 nitrogen and oxygen atoms in total. The van der Waals surface area contributed by atoms with Crippen LogP contribution in [0.2, 0.25) is 5.22 Å². The molecule has 1 N–H and O–H groups in total. The van der Waals surface area contributed by atoms with Gasteiger partial charge in [-0.1, -0.05) is 30.3 Å². The molecule has 17 heavy (non-hydrogen) atoms. The molecule has 1 aromatic heterocycles. The Labute approximate surface area is 103 Å². The average molecular weight is 252 g/mol. The number of hydroxylamine groups is 1. The van der Waals surface area contributed by atoms with Crippen molar-refractivity contribution in [3.8, 4) is 0 Å². The van der Waals surface area contributed by atoms with E-state index < -0.39 is 5.91 Å². The minimum absolute atomic E-state index is 0.114. The van der Waals surface area contributed by atoms with E-state index in [1.54, 1.807) is 0 Å². The highest BCUT2D eigenvalue weighted by Gasteiger charge is 2.09. The third-order valence-electron chi connectivity index (χ3n) is 2.04. The van der Waals surface area contributed by atoms with Crippen molar-refractivity contribution in [2.45, 2.75) is 6.61 Å². The van der Waals surface area contributed by atoms with Crippen LogP contribution < -0.4 is 5.48 Å². The molecule has 88 valence electrons. The predicted molar refractivity (Wildman–Crippen MR) is 62.4 cm³/mol. The number of nitrogens with one attached hydrogen (secondary N) is 1. The molecule has 0 fully saturated rings. The topological polar surface area (TPSA) is 51.5 Å². The quantitative estimate of drug-likeness (QED) is 0.850. The zero-order valence-electron chi connectivity index (χ0n) is 8.85. The normalized spacial score (nSPS) is 10.2. The van der Waals surface area contributed by atoms with Gasteiger partial charge in [0.25, 0.3) is 0 Å². The van der Waals surface area contributed by atoms with Crippen LogP contribution in [0.5, 0.6) is 0 Å². The van der Waals surface area contributed by atoms with Crippen LogP contribution in [0.3, 0.4) is 0 Å². The molecule has 1 amide bonds. The Kier molecular flexibility index (Phi) is 3.80. The second kappa shape index (κ2) is 5.52. The number of rotatable bonds is 4. The van der Waals surface area contributed by atoms with Gasteiger partial charge in [-0.15, -0.1) is 0 Å². The van der Waals surface area contributed by atoms with Gasteiger partial charge in [-0.3, -0.25) is 9.63 Å². The molecule has 0 unspecified atom stereocenters. The Bertz CT molecular complexity index is 495. The lowest BCUT2D eigenvalue weighted by Gasteiger charge is -2.03. The van der Waals surface area contributed by atoms with Crippen LogP contribution in [0.25, 0.3) is 0 Å². The van der Waals surface area contributed by atoms with Crippen molar-refractivity contribution in [2.24, 2.45) is 0 Å². The van der Waals surface area contributed by atoms with E-state index in [1.165, 1.54) is 12.1 Å². The fourth-order valence-corrected chi connectivity index (χ4v) is 1.39. The molecule has 0 radical (unpaired) electrons. The lowest BCUT2D eigenvalue weighted by Crippen LogP contribution is -2.22. The van der Waals surface area contributed by atoms with Crippen LogP contribution in [0.1, 0.15) is 16.1 Å². The number of carbonyl (C=O) groups excluding carboxylic acids is 1. The molecule has 0 bridgehead atoms. The first-order valence-electron chi connectivity index (χ1n) is 4.97. The van der Waals surface area contributed by atoms with E-state index in [2.05, 4.69) is 5.48 Å². The van der Waals surface area contributed by atoms with Gasteiger partial charge in [-0.05, 0) is 29.3 Å². The number of furan rings is 1. The molecule has 1 aromatic carbocycles. The lowest BCUT2D eigenvalue weighted by molar-refractivity contribution is 0.0212. The monoisotopic (exact) mass is 251 g/mol. The first-order chi connectivity index (χ1) is 8.25. The minimum Gasteiger partial charge on any atom is -0.439 e. The summed E-state index contributed by atoms with van der Waals surface area (Å²) in [5.41, 5.74) is 3.23. The molecule has 1 heterocycles. The lowest BCUT2D eigenvalue weighted by atomic mass is 10.2. The molecule has 0 atom stereocenters. The molecule has 2 rings (SSSR count). The summed E-state index contributed by atoms with van der Waals surface area (Å²) < 4.78 is 4.92. The van der Waals surface area contributed by atoms with Crippen molar-refractivity contribution in [1.82, 2.24) is 5.48 Å². The Morgan fingerprint density at radius 2 is 2.00 bits per heavy atom. The zero-order valence-corrected chi connectivity index (χ0v) is 9.61. The smallest absolute Gasteiger partial charge is 0.310 e. The molecule has 5 heteroatoms. The summed E-state index contributed by atoms with van der Waals surface area (Å²) in [6.45, 7) is 0.293. The molecule has 2 aromatic rings. The van der Waals surface area contributed by atoms with E-state index in [1.807, 2.05) is 30.3 Å². The summed E-state index contributed by atoms with van der Waals surface area (Å²) in [5, 5.41) is 0.165. The fourth-order valence-electron chi connectivity index (χ4n) is 1.25. The molecular weight excluding hydrogens is 242 g/mol. The molecule has 0 aliphatic heterocycles. The van der Waals surface area contributed by atoms with E-state index >= 15 is 0 Å². The highest BCUT2D eigenvalue weighted by molar-refractivity contribution is 6.29. The van der Waals surface area contributed by atoms with Crippen LogP contribution in [-0.2, 0) is 11.4 Å². The Balaban J connectivity index is 1.81. The van der Waals surface area contributed by atoms with Gasteiger partial charge in [0.15, 0.2) is 11.0 Å². The number of amides is 1. The van der Waals surface area contributed by atoms with Gasteiger partial charge < -0.3 is 4.42 Å². The SMILES string of the molecule is O=C(NOCc1ccccc1)c1ccc(Cl)o1. The zero-order chi connectivity index (χ0) is 12.1. The first kappa shape index (κ1) is 11.7. The van der Waals surface area contributed by atoms with E-state index in [0.29, 0.717) is 6.61 Å². The minimum atomic E-state index is -0.465. The Morgan fingerprint density at radius 1 is 1.24 bits per heavy atom. The highest BCUT2D eigenvalue weighted by atomic mass is 35.5. The Morgan fingerprint density at radius 3 is 2.65 bits per heavy atom. The van der Waals surface area contributed by atoms with Gasteiger partial charge >= 0.3 is 5.91 Å². The van der Waals surface area contributed by atoms with E-state index in [4.69, 9.17) is 20.9 Å². The number of carbonyl (C=O) groups is 1. The summed E-state index contributed by atoms with van der Waals surface area (Å²) in [4.78, 5) is 16.5. The maximum Gasteiger partial charge on any atom is 0.310 e. The predicted octanol–water partition coefficient (Wildman–Crippen LogP) is 2.79. The molecule has 0 aliphatic carbocycles. The molecule has 0 spiro atoms. The summed E-state index contributed by atoms with van der Waals surface area (Å²) >= 11 is 5.55. The second-order valence-corrected chi connectivity index (χ2v) is 3.68. The summed E-state index contributed by atoms with van der Waals surface area (Å²) in [7, 11) is 0. The van der Waals surface area contributed by atoms with Crippen LogP contribution >= 0.6 is 11.6 Å². The van der Waals surface area contributed by atoms with Crippen molar-refractivity contribution >= 4 is 17.5 Å². The van der Waals surface area contributed by atoms with Gasteiger partial charge in [0, 0.05) is 0 Å². The molecule has 0 aliphatic rings. The molecule has 0 saturated heterocycles. The van der Waals surface area contributed by atoms with Gasteiger partial charge in [-0.25, -0.2) is 5.48 Å². The largest absolute Gasteiger partial charge is 0.439 e. The second-order valence-electron chi connectivity index (χ2n) is 3.31. The maximum absolute atomic E-state index is 11.5. The highest BCUT2D eigenvalue weighted by Crippen LogP contribution is 2.12. The van der Waals surface area contributed by atoms with E-state index in [9.17, 15) is 4.79 Å². The first-order valence-corrected chi connectivity index (χ1v) is 5.35. The number of hydrogen-bond donors (Lipinski definition) is 1. The summed E-state index contributed by atoms with van der Waals surface area (Å²) in [6, 6.07) is 12.5. The summed E-state index contributed by atoms with van der Waals surface area (Å²) in [6.07, 6.45) is 0. The van der Waals surface area contributed by atoms with Crippen molar-refractivity contribution in [1.29, 1.82) is 0 Å². The molecular formula is C12H10ClNO3. The van der Waals surface area contributed by atoms with Crippen LogP contribution in [-0.4, -0.2) is 5.91 Å². The number of halogens is 1. The van der Waals surface area contributed by atoms with Gasteiger partial charge in [-0.2, -0.15) is 0 Å². The Hall–Kier alpha value is -1.78. The molecule has 0 saturated carbocycles. The summed E-state index contributed by atoms with van der Waals surface area (Å²) in [5.74, 6) is -0.351. The van der Waals surface area contributed by atoms with E-state index in [-0.39, 0.29) is 11.0 Å². The fraction of sp³-hybridized carbons (Fsp3) is 0.0833. The van der Waals surface area contributed by atoms with Gasteiger partial charge in [0.1, 0.15) is 0 Å². The van der Waals surface area contributed by atoms with Gasteiger partial charge in [0.05, 0.1) is 6.61 Å². The average Bonchev–Trinajstić information content (AvgIpc) is 2.77. The standard InChI is InChI=1S/C12H10ClNO3/c13-11-7-6-10(17-11)12(15)14-16-8-9-4-2-1-3-5-9/h1-7H,8H2,(H,14,15). The van der Waals surface area contributed by atoms with Crippen LogP contribution in [0.4, 0.5) is 0 Å². The van der Waals surface area contributed by atoms with Crippen molar-refractivity contribution in [3.63, 3.8) is 0 Å². The third kappa shape index (κ3) is 3.34. The maximum atomic E-state index is 11.5. The third-order valence-corrected chi connectivity index (χ3v) is 2.25. The van der Waals surface area contributed by atoms with Crippen molar-refractivity contribution in [2.75, 3.05) is 0 Å². The number of benzene rings is 1.